The van der Waals surface area contributed by atoms with Crippen LogP contribution in [-0.2, 0) is 12.0 Å². The molecule has 0 bridgehead atoms. The number of hydrogen-bond donors (Lipinski definition) is 1. The molecule has 4 nitrogen and oxygen atoms in total. The van der Waals surface area contributed by atoms with E-state index >= 15 is 0 Å². The first-order chi connectivity index (χ1) is 15.9. The molecule has 0 unspecified atom stereocenters. The molecule has 0 atom stereocenters. The highest BCUT2D eigenvalue weighted by molar-refractivity contribution is 6.42. The number of halogens is 5. The van der Waals surface area contributed by atoms with Crippen LogP contribution in [0.2, 0.25) is 10.0 Å². The van der Waals surface area contributed by atoms with Crippen LogP contribution in [-0.4, -0.2) is 15.9 Å². The Hall–Kier alpha value is -2.90. The van der Waals surface area contributed by atoms with E-state index in [0.717, 1.165) is 5.56 Å². The van der Waals surface area contributed by atoms with Gasteiger partial charge in [0.25, 0.3) is 0 Å². The fourth-order valence-electron chi connectivity index (χ4n) is 3.55. The van der Waals surface area contributed by atoms with Crippen molar-refractivity contribution >= 4 is 40.2 Å². The topological polar surface area (TPSA) is 39.1 Å². The molecule has 0 saturated carbocycles. The predicted octanol–water partition coefficient (Wildman–Crippen LogP) is 8.14. The fraction of sp³-hybridized carbons (Fsp3) is 0.240. The molecule has 0 saturated heterocycles. The van der Waals surface area contributed by atoms with Crippen molar-refractivity contribution in [1.82, 2.24) is 9.55 Å². The molecule has 9 heteroatoms. The molecule has 34 heavy (non-hydrogen) atoms. The molecule has 0 aliphatic heterocycles. The van der Waals surface area contributed by atoms with Gasteiger partial charge in [-0.2, -0.15) is 0 Å². The van der Waals surface area contributed by atoms with Gasteiger partial charge in [-0.3, -0.25) is 4.57 Å². The van der Waals surface area contributed by atoms with Crippen LogP contribution in [0, 0.1) is 0 Å². The van der Waals surface area contributed by atoms with E-state index in [2.05, 4.69) is 60.1 Å². The van der Waals surface area contributed by atoms with Crippen LogP contribution in [0.15, 0.2) is 60.7 Å². The molecule has 4 aromatic rings. The van der Waals surface area contributed by atoms with Gasteiger partial charge in [0.2, 0.25) is 5.95 Å². The van der Waals surface area contributed by atoms with Gasteiger partial charge in [-0.15, -0.1) is 13.2 Å². The lowest BCUT2D eigenvalue weighted by Crippen LogP contribution is -2.17. The summed E-state index contributed by atoms with van der Waals surface area (Å²) in [4.78, 5) is 4.64. The second kappa shape index (κ2) is 9.04. The van der Waals surface area contributed by atoms with E-state index < -0.39 is 6.36 Å². The predicted molar refractivity (Wildman–Crippen MR) is 130 cm³/mol. The molecule has 3 aromatic carbocycles. The molecule has 178 valence electrons. The minimum atomic E-state index is -4.76. The third kappa shape index (κ3) is 5.42. The van der Waals surface area contributed by atoms with E-state index in [0.29, 0.717) is 39.3 Å². The molecule has 1 heterocycles. The lowest BCUT2D eigenvalue weighted by Gasteiger charge is -2.19. The first kappa shape index (κ1) is 24.2. The first-order valence-electron chi connectivity index (χ1n) is 10.5. The average molecular weight is 508 g/mol. The summed E-state index contributed by atoms with van der Waals surface area (Å²) in [6, 6.07) is 17.2. The highest BCUT2D eigenvalue weighted by Crippen LogP contribution is 2.33. The van der Waals surface area contributed by atoms with Crippen molar-refractivity contribution < 1.29 is 17.9 Å². The number of ether oxygens (including phenoxy) is 1. The van der Waals surface area contributed by atoms with Gasteiger partial charge in [0.1, 0.15) is 5.75 Å². The first-order valence-corrected chi connectivity index (χ1v) is 11.2. The maximum absolute atomic E-state index is 12.5. The van der Waals surface area contributed by atoms with Crippen molar-refractivity contribution in [1.29, 1.82) is 0 Å². The molecule has 0 radical (unpaired) electrons. The standard InChI is InChI=1S/C25H22Cl2F3N3O/c1-24(2,3)16-6-4-15(5-7-16)14-31-23-32-21-12-19(26)20(27)13-22(21)33(23)17-8-10-18(11-9-17)34-25(28,29)30/h4-13H,14H2,1-3H3,(H,31,32). The maximum atomic E-state index is 12.5. The number of alkyl halides is 3. The quantitative estimate of drug-likeness (QED) is 0.296. The number of hydrogen-bond acceptors (Lipinski definition) is 3. The largest absolute Gasteiger partial charge is 0.573 e. The molecular formula is C25H22Cl2F3N3O. The van der Waals surface area contributed by atoms with Crippen molar-refractivity contribution in [2.24, 2.45) is 0 Å². The zero-order chi connectivity index (χ0) is 24.7. The minimum Gasteiger partial charge on any atom is -0.406 e. The molecule has 0 spiro atoms. The Morgan fingerprint density at radius 1 is 0.912 bits per heavy atom. The average Bonchev–Trinajstić information content (AvgIpc) is 3.09. The second-order valence-corrected chi connectivity index (χ2v) is 9.68. The Bertz CT molecular complexity index is 1310. The van der Waals surface area contributed by atoms with E-state index in [9.17, 15) is 13.2 Å². The van der Waals surface area contributed by atoms with Crippen LogP contribution in [0.4, 0.5) is 19.1 Å². The van der Waals surface area contributed by atoms with E-state index in [4.69, 9.17) is 23.2 Å². The SMILES string of the molecule is CC(C)(C)c1ccc(CNc2nc3cc(Cl)c(Cl)cc3n2-c2ccc(OC(F)(F)F)cc2)cc1. The third-order valence-corrected chi connectivity index (χ3v) is 6.02. The number of imidazole rings is 1. The van der Waals surface area contributed by atoms with Crippen LogP contribution in [0.1, 0.15) is 31.9 Å². The van der Waals surface area contributed by atoms with E-state index in [1.165, 1.54) is 29.8 Å². The van der Waals surface area contributed by atoms with Crippen molar-refractivity contribution in [3.63, 3.8) is 0 Å². The Morgan fingerprint density at radius 3 is 2.12 bits per heavy atom. The van der Waals surface area contributed by atoms with E-state index in [1.54, 1.807) is 16.7 Å². The monoisotopic (exact) mass is 507 g/mol. The van der Waals surface area contributed by atoms with E-state index in [-0.39, 0.29) is 11.2 Å². The van der Waals surface area contributed by atoms with Crippen LogP contribution < -0.4 is 10.1 Å². The van der Waals surface area contributed by atoms with Crippen LogP contribution >= 0.6 is 23.2 Å². The molecule has 0 aliphatic carbocycles. The second-order valence-electron chi connectivity index (χ2n) is 8.87. The van der Waals surface area contributed by atoms with Gasteiger partial charge in [-0.05, 0) is 52.9 Å². The minimum absolute atomic E-state index is 0.0560. The van der Waals surface area contributed by atoms with Crippen molar-refractivity contribution in [3.05, 3.63) is 81.8 Å². The van der Waals surface area contributed by atoms with Crippen molar-refractivity contribution in [3.8, 4) is 11.4 Å². The lowest BCUT2D eigenvalue weighted by atomic mass is 9.87. The number of rotatable bonds is 5. The summed E-state index contributed by atoms with van der Waals surface area (Å²) in [6.07, 6.45) is -4.76. The van der Waals surface area contributed by atoms with Crippen molar-refractivity contribution in [2.45, 2.75) is 39.1 Å². The third-order valence-electron chi connectivity index (χ3n) is 5.30. The highest BCUT2D eigenvalue weighted by Gasteiger charge is 2.31. The van der Waals surface area contributed by atoms with E-state index in [1.807, 2.05) is 0 Å². The van der Waals surface area contributed by atoms with Gasteiger partial charge in [0.15, 0.2) is 0 Å². The van der Waals surface area contributed by atoms with Crippen molar-refractivity contribution in [2.75, 3.05) is 5.32 Å². The smallest absolute Gasteiger partial charge is 0.406 e. The summed E-state index contributed by atoms with van der Waals surface area (Å²) in [6.45, 7) is 6.96. The number of aromatic nitrogens is 2. The molecule has 4 rings (SSSR count). The van der Waals surface area contributed by atoms with Crippen LogP contribution in [0.5, 0.6) is 5.75 Å². The number of nitrogens with zero attached hydrogens (tertiary/aromatic N) is 2. The number of nitrogens with one attached hydrogen (secondary N) is 1. The zero-order valence-electron chi connectivity index (χ0n) is 18.7. The fourth-order valence-corrected chi connectivity index (χ4v) is 3.87. The summed E-state index contributed by atoms with van der Waals surface area (Å²) >= 11 is 12.4. The zero-order valence-corrected chi connectivity index (χ0v) is 20.2. The molecular weight excluding hydrogens is 486 g/mol. The van der Waals surface area contributed by atoms with Crippen LogP contribution in [0.25, 0.3) is 16.7 Å². The van der Waals surface area contributed by atoms with Gasteiger partial charge in [0, 0.05) is 12.2 Å². The Balaban J connectivity index is 1.68. The number of anilines is 1. The molecule has 0 amide bonds. The summed E-state index contributed by atoms with van der Waals surface area (Å²) in [5, 5.41) is 4.02. The summed E-state index contributed by atoms with van der Waals surface area (Å²) < 4.78 is 43.4. The Labute approximate surface area is 205 Å². The van der Waals surface area contributed by atoms with Crippen LogP contribution in [0.3, 0.4) is 0 Å². The Morgan fingerprint density at radius 2 is 1.53 bits per heavy atom. The van der Waals surface area contributed by atoms with Gasteiger partial charge >= 0.3 is 6.36 Å². The molecule has 1 aromatic heterocycles. The summed E-state index contributed by atoms with van der Waals surface area (Å²) in [7, 11) is 0. The van der Waals surface area contributed by atoms with Gasteiger partial charge in [-0.25, -0.2) is 4.98 Å². The lowest BCUT2D eigenvalue weighted by molar-refractivity contribution is -0.274. The molecule has 1 N–H and O–H groups in total. The van der Waals surface area contributed by atoms with Gasteiger partial charge < -0.3 is 10.1 Å². The molecule has 0 aliphatic rings. The van der Waals surface area contributed by atoms with Gasteiger partial charge in [0.05, 0.1) is 21.1 Å². The normalized spacial score (nSPS) is 12.2. The maximum Gasteiger partial charge on any atom is 0.573 e. The number of benzene rings is 3. The summed E-state index contributed by atoms with van der Waals surface area (Å²) in [5.74, 6) is 0.188. The van der Waals surface area contributed by atoms with Gasteiger partial charge in [-0.1, -0.05) is 68.2 Å². The summed E-state index contributed by atoms with van der Waals surface area (Å²) in [5.41, 5.74) is 4.17. The Kier molecular flexibility index (Phi) is 6.44. The molecule has 0 fully saturated rings. The highest BCUT2D eigenvalue weighted by atomic mass is 35.5. The number of fused-ring (bicyclic) bond motifs is 1.